The van der Waals surface area contributed by atoms with Crippen LogP contribution in [0.2, 0.25) is 5.02 Å². The number of nitrogens with zero attached hydrogens (tertiary/aromatic N) is 1. The van der Waals surface area contributed by atoms with Gasteiger partial charge >= 0.3 is 6.18 Å². The molecule has 2 aromatic carbocycles. The molecule has 32 heavy (non-hydrogen) atoms. The second-order valence-corrected chi connectivity index (χ2v) is 9.91. The van der Waals surface area contributed by atoms with Crippen molar-refractivity contribution in [3.8, 4) is 0 Å². The Bertz CT molecular complexity index is 1350. The fourth-order valence-electron chi connectivity index (χ4n) is 3.15. The third-order valence-corrected chi connectivity index (χ3v) is 5.95. The summed E-state index contributed by atoms with van der Waals surface area (Å²) in [6.45, 7) is -0.0116. The molecule has 3 rings (SSSR count). The van der Waals surface area contributed by atoms with Crippen LogP contribution in [0.5, 0.6) is 0 Å². The van der Waals surface area contributed by atoms with Crippen LogP contribution < -0.4 is 10.9 Å². The molecule has 0 aliphatic carbocycles. The number of fused-ring (bicyclic) bond motifs is 1. The number of sulfone groups is 1. The zero-order chi connectivity index (χ0) is 23.7. The summed E-state index contributed by atoms with van der Waals surface area (Å²) in [6.07, 6.45) is -2.47. The summed E-state index contributed by atoms with van der Waals surface area (Å²) >= 11 is 5.60. The summed E-state index contributed by atoms with van der Waals surface area (Å²) in [6, 6.07) is 9.46. The van der Waals surface area contributed by atoms with Gasteiger partial charge in [-0.2, -0.15) is 13.2 Å². The minimum atomic E-state index is -4.64. The number of aryl methyl sites for hydroxylation is 1. The molecule has 0 radical (unpaired) electrons. The van der Waals surface area contributed by atoms with E-state index in [-0.39, 0.29) is 29.7 Å². The van der Waals surface area contributed by atoms with Gasteiger partial charge in [0, 0.05) is 35.5 Å². The molecule has 0 unspecified atom stereocenters. The van der Waals surface area contributed by atoms with Crippen LogP contribution in [0.25, 0.3) is 10.8 Å². The van der Waals surface area contributed by atoms with Crippen LogP contribution in [0.3, 0.4) is 0 Å². The molecule has 0 saturated carbocycles. The molecule has 0 atom stereocenters. The standard InChI is InChI=1S/C21H18ClF3N2O4S/c1-32(30,31)10-9-27-8-7-14-15(20(27)29)3-2-4-18(14)26-19(28)12-13-5-6-17(22)16(11-13)21(23,24)25/h2-8,11H,9-10,12H2,1H3,(H,26,28). The number of nitrogens with one attached hydrogen (secondary N) is 1. The third kappa shape index (κ3) is 5.68. The Morgan fingerprint density at radius 1 is 1.12 bits per heavy atom. The van der Waals surface area contributed by atoms with Crippen LogP contribution >= 0.6 is 11.6 Å². The Hall–Kier alpha value is -2.85. The lowest BCUT2D eigenvalue weighted by atomic mass is 10.1. The van der Waals surface area contributed by atoms with E-state index in [2.05, 4.69) is 5.32 Å². The lowest BCUT2D eigenvalue weighted by Crippen LogP contribution is -2.23. The summed E-state index contributed by atoms with van der Waals surface area (Å²) in [4.78, 5) is 25.1. The van der Waals surface area contributed by atoms with Crippen molar-refractivity contribution in [3.63, 3.8) is 0 Å². The smallest absolute Gasteiger partial charge is 0.325 e. The number of carbonyl (C=O) groups is 1. The van der Waals surface area contributed by atoms with Crippen molar-refractivity contribution in [3.05, 3.63) is 75.2 Å². The first-order valence-corrected chi connectivity index (χ1v) is 11.7. The highest BCUT2D eigenvalue weighted by Gasteiger charge is 2.33. The summed E-state index contributed by atoms with van der Waals surface area (Å²) in [5.74, 6) is -0.773. The maximum atomic E-state index is 13.0. The average molecular weight is 487 g/mol. The number of anilines is 1. The van der Waals surface area contributed by atoms with E-state index >= 15 is 0 Å². The highest BCUT2D eigenvalue weighted by molar-refractivity contribution is 7.90. The van der Waals surface area contributed by atoms with E-state index in [9.17, 15) is 31.2 Å². The maximum absolute atomic E-state index is 13.0. The number of halogens is 4. The molecule has 0 saturated heterocycles. The van der Waals surface area contributed by atoms with Gasteiger partial charge in [-0.25, -0.2) is 8.42 Å². The number of hydrogen-bond acceptors (Lipinski definition) is 4. The lowest BCUT2D eigenvalue weighted by molar-refractivity contribution is -0.137. The normalized spacial score (nSPS) is 12.2. The van der Waals surface area contributed by atoms with Crippen LogP contribution in [0.4, 0.5) is 18.9 Å². The first kappa shape index (κ1) is 23.8. The van der Waals surface area contributed by atoms with E-state index in [0.717, 1.165) is 18.4 Å². The van der Waals surface area contributed by atoms with E-state index < -0.39 is 38.1 Å². The van der Waals surface area contributed by atoms with Gasteiger partial charge in [0.2, 0.25) is 5.91 Å². The molecule has 0 aliphatic rings. The van der Waals surface area contributed by atoms with E-state index in [1.807, 2.05) is 0 Å². The topological polar surface area (TPSA) is 85.2 Å². The average Bonchev–Trinajstić information content (AvgIpc) is 2.68. The first-order chi connectivity index (χ1) is 14.8. The van der Waals surface area contributed by atoms with Crippen molar-refractivity contribution in [2.24, 2.45) is 0 Å². The minimum Gasteiger partial charge on any atom is -0.325 e. The van der Waals surface area contributed by atoms with E-state index in [1.54, 1.807) is 24.3 Å². The van der Waals surface area contributed by atoms with Gasteiger partial charge in [-0.3, -0.25) is 9.59 Å². The van der Waals surface area contributed by atoms with Crippen molar-refractivity contribution in [1.82, 2.24) is 4.57 Å². The molecule has 11 heteroatoms. The molecule has 0 bridgehead atoms. The zero-order valence-electron chi connectivity index (χ0n) is 16.7. The van der Waals surface area contributed by atoms with Crippen molar-refractivity contribution < 1.29 is 26.4 Å². The molecule has 1 amide bonds. The SMILES string of the molecule is CS(=O)(=O)CCn1ccc2c(NC(=O)Cc3ccc(Cl)c(C(F)(F)F)c3)cccc2c1=O. The molecule has 1 aromatic heterocycles. The Balaban J connectivity index is 1.84. The number of alkyl halides is 3. The van der Waals surface area contributed by atoms with E-state index in [1.165, 1.54) is 16.8 Å². The Labute approximate surface area is 186 Å². The van der Waals surface area contributed by atoms with Gasteiger partial charge in [-0.15, -0.1) is 0 Å². The van der Waals surface area contributed by atoms with Crippen molar-refractivity contribution >= 4 is 43.8 Å². The van der Waals surface area contributed by atoms with Gasteiger partial charge in [0.1, 0.15) is 9.84 Å². The second-order valence-electron chi connectivity index (χ2n) is 7.25. The van der Waals surface area contributed by atoms with Gasteiger partial charge in [0.05, 0.1) is 22.8 Å². The number of rotatable bonds is 6. The molecule has 1 heterocycles. The van der Waals surface area contributed by atoms with Crippen LogP contribution in [-0.2, 0) is 33.8 Å². The fourth-order valence-corrected chi connectivity index (χ4v) is 3.90. The molecular formula is C21H18ClF3N2O4S. The molecule has 6 nitrogen and oxygen atoms in total. The molecule has 0 spiro atoms. The quantitative estimate of drug-likeness (QED) is 0.572. The summed E-state index contributed by atoms with van der Waals surface area (Å²) in [5, 5.41) is 2.85. The largest absolute Gasteiger partial charge is 0.417 e. The van der Waals surface area contributed by atoms with Gasteiger partial charge in [-0.1, -0.05) is 23.7 Å². The highest BCUT2D eigenvalue weighted by atomic mass is 35.5. The minimum absolute atomic E-state index is 0.0116. The Morgan fingerprint density at radius 3 is 2.50 bits per heavy atom. The Morgan fingerprint density at radius 2 is 1.84 bits per heavy atom. The van der Waals surface area contributed by atoms with Gasteiger partial charge < -0.3 is 9.88 Å². The van der Waals surface area contributed by atoms with Crippen molar-refractivity contribution in [1.29, 1.82) is 0 Å². The number of pyridine rings is 1. The first-order valence-electron chi connectivity index (χ1n) is 9.30. The highest BCUT2D eigenvalue weighted by Crippen LogP contribution is 2.35. The van der Waals surface area contributed by atoms with Crippen molar-refractivity contribution in [2.75, 3.05) is 17.3 Å². The van der Waals surface area contributed by atoms with Gasteiger partial charge in [0.15, 0.2) is 0 Å². The van der Waals surface area contributed by atoms with Gasteiger partial charge in [-0.05, 0) is 35.9 Å². The zero-order valence-corrected chi connectivity index (χ0v) is 18.3. The number of aromatic nitrogens is 1. The predicted molar refractivity (Wildman–Crippen MR) is 117 cm³/mol. The summed E-state index contributed by atoms with van der Waals surface area (Å²) in [5.41, 5.74) is -1.01. The fraction of sp³-hybridized carbons (Fsp3) is 0.238. The number of amides is 1. The summed E-state index contributed by atoms with van der Waals surface area (Å²) < 4.78 is 63.1. The number of benzene rings is 2. The monoisotopic (exact) mass is 486 g/mol. The maximum Gasteiger partial charge on any atom is 0.417 e. The predicted octanol–water partition coefficient (Wildman–Crippen LogP) is 3.90. The van der Waals surface area contributed by atoms with Crippen LogP contribution in [-0.4, -0.2) is 30.9 Å². The van der Waals surface area contributed by atoms with Gasteiger partial charge in [0.25, 0.3) is 5.56 Å². The molecule has 170 valence electrons. The van der Waals surface area contributed by atoms with Crippen LogP contribution in [0, 0.1) is 0 Å². The van der Waals surface area contributed by atoms with Crippen molar-refractivity contribution in [2.45, 2.75) is 19.1 Å². The van der Waals surface area contributed by atoms with E-state index in [4.69, 9.17) is 11.6 Å². The van der Waals surface area contributed by atoms with Crippen LogP contribution in [0.1, 0.15) is 11.1 Å². The molecule has 0 aliphatic heterocycles. The molecule has 0 fully saturated rings. The number of carbonyl (C=O) groups excluding carboxylic acids is 1. The second kappa shape index (κ2) is 8.95. The lowest BCUT2D eigenvalue weighted by Gasteiger charge is -2.12. The third-order valence-electron chi connectivity index (χ3n) is 4.70. The van der Waals surface area contributed by atoms with Crippen LogP contribution in [0.15, 0.2) is 53.5 Å². The van der Waals surface area contributed by atoms with E-state index in [0.29, 0.717) is 11.1 Å². The number of hydrogen-bond donors (Lipinski definition) is 1. The molecule has 1 N–H and O–H groups in total. The summed E-state index contributed by atoms with van der Waals surface area (Å²) in [7, 11) is -3.26. The molecular weight excluding hydrogens is 469 g/mol. The molecule has 3 aromatic rings. The Kier molecular flexibility index (Phi) is 6.66.